The van der Waals surface area contributed by atoms with Crippen molar-refractivity contribution in [2.75, 3.05) is 30.8 Å². The minimum Gasteiger partial charge on any atom is -0.325 e. The van der Waals surface area contributed by atoms with Gasteiger partial charge in [-0.1, -0.05) is 0 Å². The number of benzene rings is 1. The number of carbonyl (C=O) groups excluding carboxylic acids is 2. The van der Waals surface area contributed by atoms with Crippen molar-refractivity contribution in [1.82, 2.24) is 9.88 Å². The van der Waals surface area contributed by atoms with Crippen molar-refractivity contribution in [1.29, 1.82) is 0 Å². The van der Waals surface area contributed by atoms with E-state index < -0.39 is 4.92 Å². The molecule has 2 N–H and O–H groups in total. The van der Waals surface area contributed by atoms with Crippen LogP contribution in [0.25, 0.3) is 0 Å². The largest absolute Gasteiger partial charge is 0.325 e. The van der Waals surface area contributed by atoms with Crippen LogP contribution in [-0.4, -0.2) is 46.8 Å². The molecule has 0 atom stereocenters. The van der Waals surface area contributed by atoms with Crippen LogP contribution in [0.4, 0.5) is 17.2 Å². The molecule has 2 rings (SSSR count). The number of hydrogen-bond donors (Lipinski definition) is 2. The second-order valence-electron chi connectivity index (χ2n) is 5.43. The fraction of sp³-hybridized carbons (Fsp3) is 0.188. The lowest BCUT2D eigenvalue weighted by molar-refractivity contribution is -0.384. The number of hydrogen-bond acceptors (Lipinski definition) is 6. The highest BCUT2D eigenvalue weighted by Gasteiger charge is 2.12. The van der Waals surface area contributed by atoms with Gasteiger partial charge in [0, 0.05) is 28.5 Å². The Kier molecular flexibility index (Phi) is 6.75. The van der Waals surface area contributed by atoms with Crippen molar-refractivity contribution in [2.45, 2.75) is 0 Å². The van der Waals surface area contributed by atoms with Gasteiger partial charge in [-0.05, 0) is 47.2 Å². The smallest absolute Gasteiger partial charge is 0.269 e. The number of nitrogens with zero attached hydrogens (tertiary/aromatic N) is 3. The zero-order valence-electron chi connectivity index (χ0n) is 13.8. The maximum Gasteiger partial charge on any atom is 0.269 e. The van der Waals surface area contributed by atoms with E-state index >= 15 is 0 Å². The van der Waals surface area contributed by atoms with E-state index in [4.69, 9.17) is 0 Å². The van der Waals surface area contributed by atoms with E-state index in [1.807, 2.05) is 0 Å². The molecule has 0 aliphatic carbocycles. The highest BCUT2D eigenvalue weighted by molar-refractivity contribution is 9.10. The van der Waals surface area contributed by atoms with Crippen molar-refractivity contribution in [2.24, 2.45) is 0 Å². The van der Waals surface area contributed by atoms with Gasteiger partial charge in [0.1, 0.15) is 5.82 Å². The first-order valence-electron chi connectivity index (χ1n) is 7.48. The van der Waals surface area contributed by atoms with E-state index in [0.29, 0.717) is 11.5 Å². The van der Waals surface area contributed by atoms with Gasteiger partial charge in [-0.2, -0.15) is 0 Å². The summed E-state index contributed by atoms with van der Waals surface area (Å²) in [6, 6.07) is 8.91. The lowest BCUT2D eigenvalue weighted by Crippen LogP contribution is -2.36. The lowest BCUT2D eigenvalue weighted by atomic mass is 10.3. The first-order valence-corrected chi connectivity index (χ1v) is 8.27. The Labute approximate surface area is 157 Å². The summed E-state index contributed by atoms with van der Waals surface area (Å²) in [5.41, 5.74) is 0.385. The predicted molar refractivity (Wildman–Crippen MR) is 99.8 cm³/mol. The molecule has 10 heteroatoms. The second kappa shape index (κ2) is 9.02. The van der Waals surface area contributed by atoms with Crippen LogP contribution < -0.4 is 10.6 Å². The maximum absolute atomic E-state index is 12.0. The summed E-state index contributed by atoms with van der Waals surface area (Å²) in [5, 5.41) is 15.8. The van der Waals surface area contributed by atoms with Crippen LogP contribution in [0.2, 0.25) is 0 Å². The van der Waals surface area contributed by atoms with Crippen molar-refractivity contribution < 1.29 is 14.5 Å². The van der Waals surface area contributed by atoms with Gasteiger partial charge in [-0.3, -0.25) is 24.6 Å². The number of nitrogens with one attached hydrogen (secondary N) is 2. The molecule has 0 bridgehead atoms. The molecule has 136 valence electrons. The van der Waals surface area contributed by atoms with Crippen LogP contribution in [0.3, 0.4) is 0 Å². The van der Waals surface area contributed by atoms with Crippen LogP contribution in [0.15, 0.2) is 47.1 Å². The summed E-state index contributed by atoms with van der Waals surface area (Å²) in [4.78, 5) is 39.6. The Morgan fingerprint density at radius 3 is 2.27 bits per heavy atom. The molecule has 0 aliphatic rings. The summed E-state index contributed by atoms with van der Waals surface area (Å²) in [6.45, 7) is -0.0103. The van der Waals surface area contributed by atoms with E-state index in [0.717, 1.165) is 4.47 Å². The Morgan fingerprint density at radius 1 is 1.12 bits per heavy atom. The van der Waals surface area contributed by atoms with Crippen molar-refractivity contribution in [3.8, 4) is 0 Å². The fourth-order valence-corrected chi connectivity index (χ4v) is 2.28. The minimum absolute atomic E-state index is 0.00538. The second-order valence-corrected chi connectivity index (χ2v) is 6.35. The number of carbonyl (C=O) groups is 2. The summed E-state index contributed by atoms with van der Waals surface area (Å²) in [7, 11) is 1.63. The van der Waals surface area contributed by atoms with E-state index in [1.165, 1.54) is 29.2 Å². The van der Waals surface area contributed by atoms with Gasteiger partial charge in [0.25, 0.3) is 5.69 Å². The number of amides is 2. The molecule has 1 heterocycles. The van der Waals surface area contributed by atoms with Gasteiger partial charge < -0.3 is 10.6 Å². The standard InChI is InChI=1S/C16H16BrN5O4/c1-21(10-16(24)20-14-7-2-11(17)8-18-14)9-15(23)19-12-3-5-13(6-4-12)22(25)26/h2-8H,9-10H2,1H3,(H,19,23)(H,18,20,24). The van der Waals surface area contributed by atoms with Crippen LogP contribution in [-0.2, 0) is 9.59 Å². The molecule has 2 aromatic rings. The monoisotopic (exact) mass is 421 g/mol. The molecule has 2 amide bonds. The molecule has 0 spiro atoms. The molecular formula is C16H16BrN5O4. The topological polar surface area (TPSA) is 117 Å². The molecule has 1 aromatic carbocycles. The molecule has 0 saturated carbocycles. The van der Waals surface area contributed by atoms with E-state index in [-0.39, 0.29) is 30.6 Å². The molecular weight excluding hydrogens is 406 g/mol. The minimum atomic E-state index is -0.516. The average Bonchev–Trinajstić information content (AvgIpc) is 2.57. The lowest BCUT2D eigenvalue weighted by Gasteiger charge is -2.15. The zero-order chi connectivity index (χ0) is 19.1. The first kappa shape index (κ1) is 19.5. The van der Waals surface area contributed by atoms with E-state index in [9.17, 15) is 19.7 Å². The number of aromatic nitrogens is 1. The van der Waals surface area contributed by atoms with Crippen LogP contribution in [0, 0.1) is 10.1 Å². The Morgan fingerprint density at radius 2 is 1.73 bits per heavy atom. The summed E-state index contributed by atoms with van der Waals surface area (Å²) in [5.74, 6) is -0.219. The number of rotatable bonds is 7. The van der Waals surface area contributed by atoms with Crippen molar-refractivity contribution >= 4 is 44.9 Å². The van der Waals surface area contributed by atoms with Gasteiger partial charge in [0.2, 0.25) is 11.8 Å². The molecule has 0 aliphatic heterocycles. The van der Waals surface area contributed by atoms with Gasteiger partial charge in [0.05, 0.1) is 18.0 Å². The Hall–Kier alpha value is -2.85. The number of nitro groups is 1. The normalized spacial score (nSPS) is 10.4. The SMILES string of the molecule is CN(CC(=O)Nc1ccc([N+](=O)[O-])cc1)CC(=O)Nc1ccc(Br)cn1. The zero-order valence-corrected chi connectivity index (χ0v) is 15.4. The van der Waals surface area contributed by atoms with Crippen molar-refractivity contribution in [3.63, 3.8) is 0 Å². The quantitative estimate of drug-likeness (QED) is 0.522. The summed E-state index contributed by atoms with van der Waals surface area (Å²) >= 11 is 3.26. The number of pyridine rings is 1. The number of nitro benzene ring substituents is 1. The number of non-ortho nitro benzene ring substituents is 1. The number of anilines is 2. The number of likely N-dealkylation sites (N-methyl/N-ethyl adjacent to an activating group) is 1. The molecule has 1 aromatic heterocycles. The Bertz CT molecular complexity index is 795. The van der Waals surface area contributed by atoms with Gasteiger partial charge in [-0.25, -0.2) is 4.98 Å². The van der Waals surface area contributed by atoms with Crippen LogP contribution >= 0.6 is 15.9 Å². The Balaban J connectivity index is 1.79. The third-order valence-electron chi connectivity index (χ3n) is 3.18. The highest BCUT2D eigenvalue weighted by Crippen LogP contribution is 2.15. The van der Waals surface area contributed by atoms with Gasteiger partial charge in [-0.15, -0.1) is 0 Å². The average molecular weight is 422 g/mol. The fourth-order valence-electron chi connectivity index (χ4n) is 2.05. The van der Waals surface area contributed by atoms with Gasteiger partial charge in [0.15, 0.2) is 0 Å². The molecule has 0 fully saturated rings. The van der Waals surface area contributed by atoms with E-state index in [1.54, 1.807) is 25.4 Å². The van der Waals surface area contributed by atoms with Crippen LogP contribution in [0.5, 0.6) is 0 Å². The molecule has 0 radical (unpaired) electrons. The highest BCUT2D eigenvalue weighted by atomic mass is 79.9. The third kappa shape index (κ3) is 6.22. The molecule has 0 unspecified atom stereocenters. The molecule has 0 saturated heterocycles. The predicted octanol–water partition coefficient (Wildman–Crippen LogP) is 2.26. The molecule has 9 nitrogen and oxygen atoms in total. The summed E-state index contributed by atoms with van der Waals surface area (Å²) < 4.78 is 0.801. The maximum atomic E-state index is 12.0. The van der Waals surface area contributed by atoms with Gasteiger partial charge >= 0.3 is 0 Å². The van der Waals surface area contributed by atoms with Crippen molar-refractivity contribution in [3.05, 3.63) is 57.2 Å². The first-order chi connectivity index (χ1) is 12.3. The summed E-state index contributed by atoms with van der Waals surface area (Å²) in [6.07, 6.45) is 1.57. The number of halogens is 1. The third-order valence-corrected chi connectivity index (χ3v) is 3.65. The molecule has 26 heavy (non-hydrogen) atoms. The van der Waals surface area contributed by atoms with Crippen LogP contribution in [0.1, 0.15) is 0 Å². The van der Waals surface area contributed by atoms with E-state index in [2.05, 4.69) is 31.5 Å².